The Kier molecular flexibility index (Phi) is 4.24. The minimum atomic E-state index is 0.153. The van der Waals surface area contributed by atoms with Gasteiger partial charge in [-0.2, -0.15) is 0 Å². The molecular weight excluding hydrogens is 232 g/mol. The Morgan fingerprint density at radius 2 is 2.11 bits per heavy atom. The van der Waals surface area contributed by atoms with Crippen molar-refractivity contribution in [3.8, 4) is 0 Å². The van der Waals surface area contributed by atoms with Crippen LogP contribution in [-0.2, 0) is 11.2 Å². The van der Waals surface area contributed by atoms with Crippen LogP contribution in [0.1, 0.15) is 62.6 Å². The maximum atomic E-state index is 12.1. The fourth-order valence-corrected chi connectivity index (χ4v) is 3.20. The highest BCUT2D eigenvalue weighted by atomic mass is 16.1. The summed E-state index contributed by atoms with van der Waals surface area (Å²) in [6, 6.07) is 6.66. The van der Waals surface area contributed by atoms with E-state index in [4.69, 9.17) is 0 Å². The zero-order valence-corrected chi connectivity index (χ0v) is 12.3. The number of allylic oxidation sites excluding steroid dienone is 1. The second-order valence-electron chi connectivity index (χ2n) is 5.82. The quantitative estimate of drug-likeness (QED) is 0.746. The van der Waals surface area contributed by atoms with Crippen molar-refractivity contribution in [1.82, 2.24) is 0 Å². The van der Waals surface area contributed by atoms with E-state index < -0.39 is 0 Å². The molecule has 2 atom stereocenters. The molecule has 0 fully saturated rings. The van der Waals surface area contributed by atoms with Crippen molar-refractivity contribution >= 4 is 11.4 Å². The van der Waals surface area contributed by atoms with Gasteiger partial charge in [0, 0.05) is 12.3 Å². The molecule has 0 aliphatic heterocycles. The number of Topliss-reactive ketones (excluding diaryl/α,β-unsaturated/α-hetero) is 1. The van der Waals surface area contributed by atoms with Gasteiger partial charge in [0.25, 0.3) is 0 Å². The highest BCUT2D eigenvalue weighted by molar-refractivity contribution is 5.82. The van der Waals surface area contributed by atoms with Crippen LogP contribution in [0.4, 0.5) is 0 Å². The van der Waals surface area contributed by atoms with Crippen LogP contribution in [0.2, 0.25) is 0 Å². The molecule has 2 unspecified atom stereocenters. The van der Waals surface area contributed by atoms with Gasteiger partial charge in [0.05, 0.1) is 0 Å². The number of rotatable bonds is 2. The van der Waals surface area contributed by atoms with Crippen molar-refractivity contribution < 1.29 is 4.79 Å². The van der Waals surface area contributed by atoms with Gasteiger partial charge in [0.2, 0.25) is 0 Å². The third kappa shape index (κ3) is 2.80. The first-order valence-electron chi connectivity index (χ1n) is 7.36. The highest BCUT2D eigenvalue weighted by Gasteiger charge is 2.27. The second-order valence-corrected chi connectivity index (χ2v) is 5.82. The normalized spacial score (nSPS) is 23.4. The van der Waals surface area contributed by atoms with Crippen LogP contribution in [0.25, 0.3) is 5.57 Å². The summed E-state index contributed by atoms with van der Waals surface area (Å²) in [7, 11) is 0. The standard InChI is InChI=1S/C18H24O/c1-5-16-13(4)18(19)8-6-7-15-11-14(12(2)3)9-10-17(15)16/h9-11,13,16H,2,5-8H2,1,3-4H3. The Morgan fingerprint density at radius 1 is 1.37 bits per heavy atom. The SMILES string of the molecule is C=C(C)c1ccc2c(c1)CCCC(=O)C(C)C2CC. The molecule has 1 nitrogen and oxygen atoms in total. The Labute approximate surface area is 116 Å². The predicted octanol–water partition coefficient (Wildman–Crippen LogP) is 4.75. The van der Waals surface area contributed by atoms with Crippen LogP contribution in [0, 0.1) is 5.92 Å². The Morgan fingerprint density at radius 3 is 2.74 bits per heavy atom. The lowest BCUT2D eigenvalue weighted by Gasteiger charge is -2.27. The summed E-state index contributed by atoms with van der Waals surface area (Å²) in [4.78, 5) is 12.1. The van der Waals surface area contributed by atoms with Gasteiger partial charge in [-0.05, 0) is 48.8 Å². The molecular formula is C18H24O. The Bertz CT molecular complexity index is 498. The largest absolute Gasteiger partial charge is 0.299 e. The number of benzene rings is 1. The number of aryl methyl sites for hydroxylation is 1. The average molecular weight is 256 g/mol. The molecule has 2 rings (SSSR count). The van der Waals surface area contributed by atoms with Crippen LogP contribution in [0.5, 0.6) is 0 Å². The maximum absolute atomic E-state index is 12.1. The molecule has 1 aliphatic rings. The van der Waals surface area contributed by atoms with E-state index in [0.29, 0.717) is 11.7 Å². The zero-order valence-electron chi connectivity index (χ0n) is 12.3. The first-order chi connectivity index (χ1) is 9.04. The minimum absolute atomic E-state index is 0.153. The summed E-state index contributed by atoms with van der Waals surface area (Å²) in [6.07, 6.45) is 3.76. The average Bonchev–Trinajstić information content (AvgIpc) is 2.38. The van der Waals surface area contributed by atoms with Crippen molar-refractivity contribution in [1.29, 1.82) is 0 Å². The van der Waals surface area contributed by atoms with E-state index in [1.54, 1.807) is 0 Å². The van der Waals surface area contributed by atoms with Crippen LogP contribution >= 0.6 is 0 Å². The van der Waals surface area contributed by atoms with Gasteiger partial charge in [-0.15, -0.1) is 0 Å². The van der Waals surface area contributed by atoms with Gasteiger partial charge in [0.15, 0.2) is 0 Å². The van der Waals surface area contributed by atoms with Gasteiger partial charge in [-0.1, -0.05) is 44.2 Å². The number of ketones is 1. The number of fused-ring (bicyclic) bond motifs is 1. The first kappa shape index (κ1) is 14.0. The maximum Gasteiger partial charge on any atom is 0.136 e. The summed E-state index contributed by atoms with van der Waals surface area (Å²) in [5.41, 5.74) is 5.15. The summed E-state index contributed by atoms with van der Waals surface area (Å²) < 4.78 is 0. The van der Waals surface area contributed by atoms with Gasteiger partial charge < -0.3 is 0 Å². The van der Waals surface area contributed by atoms with Gasteiger partial charge in [0.1, 0.15) is 5.78 Å². The third-order valence-corrected chi connectivity index (χ3v) is 4.46. The van der Waals surface area contributed by atoms with E-state index in [1.807, 2.05) is 6.92 Å². The van der Waals surface area contributed by atoms with Crippen molar-refractivity contribution in [3.63, 3.8) is 0 Å². The van der Waals surface area contributed by atoms with Gasteiger partial charge in [-0.25, -0.2) is 0 Å². The molecule has 0 saturated carbocycles. The predicted molar refractivity (Wildman–Crippen MR) is 81.3 cm³/mol. The molecule has 0 saturated heterocycles. The summed E-state index contributed by atoms with van der Waals surface area (Å²) in [5.74, 6) is 0.961. The molecule has 0 N–H and O–H groups in total. The van der Waals surface area contributed by atoms with Crippen LogP contribution in [0.3, 0.4) is 0 Å². The molecule has 0 radical (unpaired) electrons. The second kappa shape index (κ2) is 5.73. The van der Waals surface area contributed by atoms with E-state index >= 15 is 0 Å². The molecule has 0 heterocycles. The van der Waals surface area contributed by atoms with Crippen molar-refractivity contribution in [2.24, 2.45) is 5.92 Å². The Hall–Kier alpha value is -1.37. The number of carbonyl (C=O) groups is 1. The first-order valence-corrected chi connectivity index (χ1v) is 7.36. The topological polar surface area (TPSA) is 17.1 Å². The molecule has 1 heteroatoms. The molecule has 1 aromatic carbocycles. The number of carbonyl (C=O) groups excluding carboxylic acids is 1. The van der Waals surface area contributed by atoms with E-state index in [0.717, 1.165) is 31.3 Å². The van der Waals surface area contributed by atoms with Crippen molar-refractivity contribution in [2.45, 2.75) is 52.4 Å². The van der Waals surface area contributed by atoms with E-state index in [2.05, 4.69) is 38.6 Å². The molecule has 19 heavy (non-hydrogen) atoms. The minimum Gasteiger partial charge on any atom is -0.299 e. The van der Waals surface area contributed by atoms with E-state index in [-0.39, 0.29) is 5.92 Å². The molecule has 1 aliphatic carbocycles. The highest BCUT2D eigenvalue weighted by Crippen LogP contribution is 2.35. The van der Waals surface area contributed by atoms with E-state index in [9.17, 15) is 4.79 Å². The zero-order chi connectivity index (χ0) is 14.0. The molecule has 0 amide bonds. The van der Waals surface area contributed by atoms with Crippen LogP contribution < -0.4 is 0 Å². The number of hydrogen-bond donors (Lipinski definition) is 0. The van der Waals surface area contributed by atoms with Crippen molar-refractivity contribution in [3.05, 3.63) is 41.5 Å². The van der Waals surface area contributed by atoms with Crippen molar-refractivity contribution in [2.75, 3.05) is 0 Å². The van der Waals surface area contributed by atoms with Gasteiger partial charge in [-0.3, -0.25) is 4.79 Å². The summed E-state index contributed by atoms with van der Waals surface area (Å²) >= 11 is 0. The third-order valence-electron chi connectivity index (χ3n) is 4.46. The lowest BCUT2D eigenvalue weighted by molar-refractivity contribution is -0.123. The molecule has 0 bridgehead atoms. The fraction of sp³-hybridized carbons (Fsp3) is 0.500. The lowest BCUT2D eigenvalue weighted by atomic mass is 9.76. The molecule has 0 spiro atoms. The number of hydrogen-bond acceptors (Lipinski definition) is 1. The molecule has 102 valence electrons. The lowest BCUT2D eigenvalue weighted by Crippen LogP contribution is -2.22. The summed E-state index contributed by atoms with van der Waals surface area (Å²) in [6.45, 7) is 10.4. The molecule has 0 aromatic heterocycles. The monoisotopic (exact) mass is 256 g/mol. The van der Waals surface area contributed by atoms with Crippen LogP contribution in [-0.4, -0.2) is 5.78 Å². The molecule has 1 aromatic rings. The smallest absolute Gasteiger partial charge is 0.136 e. The van der Waals surface area contributed by atoms with Gasteiger partial charge >= 0.3 is 0 Å². The fourth-order valence-electron chi connectivity index (χ4n) is 3.20. The van der Waals surface area contributed by atoms with E-state index in [1.165, 1.54) is 16.7 Å². The van der Waals surface area contributed by atoms with Crippen LogP contribution in [0.15, 0.2) is 24.8 Å². The Balaban J connectivity index is 2.47. The summed E-state index contributed by atoms with van der Waals surface area (Å²) in [5, 5.41) is 0.